The molecule has 0 heterocycles. The molecule has 2 aromatic carbocycles. The van der Waals surface area contributed by atoms with Crippen LogP contribution in [0.25, 0.3) is 0 Å². The third-order valence-electron chi connectivity index (χ3n) is 2.67. The third kappa shape index (κ3) is 3.79. The van der Waals surface area contributed by atoms with Crippen molar-refractivity contribution in [1.82, 2.24) is 0 Å². The Kier molecular flexibility index (Phi) is 4.50. The molecule has 0 aliphatic carbocycles. The number of halogens is 1. The fraction of sp³-hybridized carbons (Fsp3) is 0.0667. The molecule has 5 nitrogen and oxygen atoms in total. The van der Waals surface area contributed by atoms with Crippen molar-refractivity contribution in [3.05, 3.63) is 65.5 Å². The molecule has 0 aliphatic rings. The highest BCUT2D eigenvalue weighted by Crippen LogP contribution is 2.11. The zero-order valence-corrected chi connectivity index (χ0v) is 11.2. The van der Waals surface area contributed by atoms with Crippen molar-refractivity contribution in [2.24, 2.45) is 10.9 Å². The third-order valence-corrected chi connectivity index (χ3v) is 2.67. The number of ether oxygens (including phenoxy) is 1. The summed E-state index contributed by atoms with van der Waals surface area (Å²) in [6.45, 7) is 0. The maximum atomic E-state index is 13.0. The second-order valence-corrected chi connectivity index (χ2v) is 4.09. The average molecular weight is 288 g/mol. The van der Waals surface area contributed by atoms with Gasteiger partial charge in [-0.15, -0.1) is 0 Å². The molecular weight excluding hydrogens is 275 g/mol. The first-order valence-electron chi connectivity index (χ1n) is 6.05. The summed E-state index contributed by atoms with van der Waals surface area (Å²) in [7, 11) is 1.55. The Morgan fingerprint density at radius 1 is 1.14 bits per heavy atom. The van der Waals surface area contributed by atoms with E-state index < -0.39 is 11.8 Å². The minimum Gasteiger partial charge on any atom is -0.497 e. The van der Waals surface area contributed by atoms with Crippen molar-refractivity contribution in [3.8, 4) is 5.75 Å². The van der Waals surface area contributed by atoms with Gasteiger partial charge in [0.05, 0.1) is 12.7 Å². The van der Waals surface area contributed by atoms with E-state index >= 15 is 0 Å². The summed E-state index contributed by atoms with van der Waals surface area (Å²) in [6.07, 6.45) is 0. The molecule has 2 N–H and O–H groups in total. The second kappa shape index (κ2) is 6.51. The second-order valence-electron chi connectivity index (χ2n) is 4.09. The first-order chi connectivity index (χ1) is 10.1. The topological polar surface area (TPSA) is 73.9 Å². The lowest BCUT2D eigenvalue weighted by atomic mass is 10.2. The lowest BCUT2D eigenvalue weighted by Gasteiger charge is -2.03. The maximum absolute atomic E-state index is 13.0. The fourth-order valence-corrected chi connectivity index (χ4v) is 1.57. The van der Waals surface area contributed by atoms with Crippen LogP contribution in [0.3, 0.4) is 0 Å². The smallest absolute Gasteiger partial charge is 0.365 e. The quantitative estimate of drug-likeness (QED) is 0.405. The van der Waals surface area contributed by atoms with E-state index in [-0.39, 0.29) is 11.4 Å². The van der Waals surface area contributed by atoms with Crippen molar-refractivity contribution in [1.29, 1.82) is 0 Å². The molecule has 0 radical (unpaired) electrons. The van der Waals surface area contributed by atoms with Gasteiger partial charge in [0.1, 0.15) is 11.6 Å². The highest BCUT2D eigenvalue weighted by Gasteiger charge is 2.09. The summed E-state index contributed by atoms with van der Waals surface area (Å²) in [5.41, 5.74) is 6.33. The lowest BCUT2D eigenvalue weighted by molar-refractivity contribution is 0.0515. The molecule has 2 aromatic rings. The summed E-state index contributed by atoms with van der Waals surface area (Å²) in [4.78, 5) is 16.3. The van der Waals surface area contributed by atoms with Crippen LogP contribution in [0.2, 0.25) is 0 Å². The summed E-state index contributed by atoms with van der Waals surface area (Å²) in [6, 6.07) is 11.9. The molecule has 108 valence electrons. The van der Waals surface area contributed by atoms with Crippen LogP contribution >= 0.6 is 0 Å². The number of carbonyl (C=O) groups is 1. The lowest BCUT2D eigenvalue weighted by Crippen LogP contribution is -2.15. The normalized spacial score (nSPS) is 11.0. The monoisotopic (exact) mass is 288 g/mol. The fourth-order valence-electron chi connectivity index (χ4n) is 1.57. The SMILES string of the molecule is COc1ccc(/C(N)=N\OC(=O)c2cccc(F)c2)cc1. The Bertz CT molecular complexity index is 669. The zero-order valence-electron chi connectivity index (χ0n) is 11.2. The van der Waals surface area contributed by atoms with E-state index in [4.69, 9.17) is 10.5 Å². The van der Waals surface area contributed by atoms with Crippen LogP contribution in [-0.4, -0.2) is 18.9 Å². The molecule has 0 spiro atoms. The minimum atomic E-state index is -0.786. The van der Waals surface area contributed by atoms with Gasteiger partial charge in [-0.3, -0.25) is 0 Å². The number of methoxy groups -OCH3 is 1. The van der Waals surface area contributed by atoms with Crippen LogP contribution in [0.15, 0.2) is 53.7 Å². The number of hydrogen-bond donors (Lipinski definition) is 1. The number of amidine groups is 1. The molecule has 0 aromatic heterocycles. The molecule has 0 amide bonds. The van der Waals surface area contributed by atoms with Gasteiger partial charge in [0.2, 0.25) is 0 Å². The van der Waals surface area contributed by atoms with E-state index in [9.17, 15) is 9.18 Å². The Hall–Kier alpha value is -2.89. The van der Waals surface area contributed by atoms with Crippen molar-refractivity contribution in [2.45, 2.75) is 0 Å². The van der Waals surface area contributed by atoms with Gasteiger partial charge in [0, 0.05) is 5.56 Å². The van der Waals surface area contributed by atoms with Gasteiger partial charge in [-0.25, -0.2) is 9.18 Å². The number of hydrogen-bond acceptors (Lipinski definition) is 4. The minimum absolute atomic E-state index is 0.0300. The highest BCUT2D eigenvalue weighted by atomic mass is 19.1. The summed E-state index contributed by atoms with van der Waals surface area (Å²) in [5.74, 6) is -0.617. The summed E-state index contributed by atoms with van der Waals surface area (Å²) < 4.78 is 18.0. The van der Waals surface area contributed by atoms with Crippen molar-refractivity contribution in [2.75, 3.05) is 7.11 Å². The molecule has 0 fully saturated rings. The standard InChI is InChI=1S/C15H13FN2O3/c1-20-13-7-5-10(6-8-13)14(17)18-21-15(19)11-3-2-4-12(16)9-11/h2-9H,1H3,(H2,17,18). The summed E-state index contributed by atoms with van der Waals surface area (Å²) in [5, 5.41) is 3.54. The Labute approximate surface area is 120 Å². The van der Waals surface area contributed by atoms with E-state index in [1.165, 1.54) is 18.2 Å². The predicted molar refractivity (Wildman–Crippen MR) is 75.5 cm³/mol. The first-order valence-corrected chi connectivity index (χ1v) is 6.05. The van der Waals surface area contributed by atoms with Gasteiger partial charge >= 0.3 is 5.97 Å². The van der Waals surface area contributed by atoms with Crippen LogP contribution in [0, 0.1) is 5.82 Å². The average Bonchev–Trinajstić information content (AvgIpc) is 2.52. The van der Waals surface area contributed by atoms with Gasteiger partial charge in [-0.1, -0.05) is 11.2 Å². The molecule has 21 heavy (non-hydrogen) atoms. The van der Waals surface area contributed by atoms with Gasteiger partial charge in [0.15, 0.2) is 5.84 Å². The Morgan fingerprint density at radius 2 is 1.86 bits per heavy atom. The van der Waals surface area contributed by atoms with Crippen LogP contribution < -0.4 is 10.5 Å². The van der Waals surface area contributed by atoms with Gasteiger partial charge in [-0.2, -0.15) is 0 Å². The number of oxime groups is 1. The van der Waals surface area contributed by atoms with Gasteiger partial charge in [0.25, 0.3) is 0 Å². The van der Waals surface area contributed by atoms with Crippen LogP contribution in [0.4, 0.5) is 4.39 Å². The molecule has 0 bridgehead atoms. The van der Waals surface area contributed by atoms with Crippen LogP contribution in [-0.2, 0) is 4.84 Å². The zero-order chi connectivity index (χ0) is 15.2. The van der Waals surface area contributed by atoms with Crippen LogP contribution in [0.5, 0.6) is 5.75 Å². The first kappa shape index (κ1) is 14.5. The largest absolute Gasteiger partial charge is 0.497 e. The van der Waals surface area contributed by atoms with E-state index in [2.05, 4.69) is 9.99 Å². The van der Waals surface area contributed by atoms with E-state index in [1.54, 1.807) is 31.4 Å². The van der Waals surface area contributed by atoms with Crippen molar-refractivity contribution < 1.29 is 18.8 Å². The molecule has 0 saturated heterocycles. The van der Waals surface area contributed by atoms with Crippen LogP contribution in [0.1, 0.15) is 15.9 Å². The number of carbonyl (C=O) groups excluding carboxylic acids is 1. The molecule has 0 atom stereocenters. The Morgan fingerprint density at radius 3 is 2.48 bits per heavy atom. The number of nitrogens with zero attached hydrogens (tertiary/aromatic N) is 1. The molecule has 0 unspecified atom stereocenters. The molecular formula is C15H13FN2O3. The van der Waals surface area contributed by atoms with Gasteiger partial charge in [-0.05, 0) is 42.5 Å². The molecule has 0 aliphatic heterocycles. The number of benzene rings is 2. The summed E-state index contributed by atoms with van der Waals surface area (Å²) >= 11 is 0. The molecule has 6 heteroatoms. The number of rotatable bonds is 4. The van der Waals surface area contributed by atoms with E-state index in [0.717, 1.165) is 6.07 Å². The van der Waals surface area contributed by atoms with Crippen molar-refractivity contribution >= 4 is 11.8 Å². The number of nitrogens with two attached hydrogens (primary N) is 1. The molecule has 2 rings (SSSR count). The van der Waals surface area contributed by atoms with Gasteiger partial charge < -0.3 is 15.3 Å². The van der Waals surface area contributed by atoms with Crippen molar-refractivity contribution in [3.63, 3.8) is 0 Å². The maximum Gasteiger partial charge on any atom is 0.365 e. The predicted octanol–water partition coefficient (Wildman–Crippen LogP) is 2.31. The Balaban J connectivity index is 2.07. The van der Waals surface area contributed by atoms with E-state index in [1.807, 2.05) is 0 Å². The highest BCUT2D eigenvalue weighted by molar-refractivity contribution is 5.98. The van der Waals surface area contributed by atoms with E-state index in [0.29, 0.717) is 11.3 Å². The molecule has 0 saturated carbocycles.